The number of carbonyl (C=O) groups is 1. The van der Waals surface area contributed by atoms with Gasteiger partial charge in [0, 0.05) is 18.3 Å². The Labute approximate surface area is 114 Å². The molecule has 1 fully saturated rings. The van der Waals surface area contributed by atoms with Crippen LogP contribution >= 0.6 is 0 Å². The number of carbonyl (C=O) groups excluding carboxylic acids is 1. The Morgan fingerprint density at radius 3 is 2.79 bits per heavy atom. The number of rotatable bonds is 4. The summed E-state index contributed by atoms with van der Waals surface area (Å²) in [5, 5.41) is 14.9. The van der Waals surface area contributed by atoms with E-state index in [9.17, 15) is 9.90 Å². The third-order valence-electron chi connectivity index (χ3n) is 3.67. The summed E-state index contributed by atoms with van der Waals surface area (Å²) in [6, 6.07) is 6.35. The zero-order valence-corrected chi connectivity index (χ0v) is 11.2. The van der Waals surface area contributed by atoms with Gasteiger partial charge in [-0.2, -0.15) is 0 Å². The van der Waals surface area contributed by atoms with Gasteiger partial charge in [-0.05, 0) is 24.5 Å². The van der Waals surface area contributed by atoms with Crippen molar-refractivity contribution in [3.8, 4) is 5.75 Å². The minimum atomic E-state index is -0.207. The third-order valence-corrected chi connectivity index (χ3v) is 3.67. The first-order chi connectivity index (χ1) is 9.24. The van der Waals surface area contributed by atoms with Crippen LogP contribution in [0, 0.1) is 5.92 Å². The van der Waals surface area contributed by atoms with Crippen molar-refractivity contribution in [2.45, 2.75) is 38.5 Å². The van der Waals surface area contributed by atoms with Crippen molar-refractivity contribution >= 4 is 11.7 Å². The standard InChI is InChI=1S/C15H22N2O2/c18-14-8-4-7-13(11-14)17-15(19)16-10-9-12-5-2-1-3-6-12/h4,7-8,11-12,18H,1-3,5-6,9-10H2,(H2,16,17,19). The smallest absolute Gasteiger partial charge is 0.319 e. The Bertz CT molecular complexity index is 414. The lowest BCUT2D eigenvalue weighted by Crippen LogP contribution is -2.30. The molecule has 0 radical (unpaired) electrons. The van der Waals surface area contributed by atoms with Crippen LogP contribution in [0.2, 0.25) is 0 Å². The normalized spacial score (nSPS) is 16.0. The van der Waals surface area contributed by atoms with Gasteiger partial charge >= 0.3 is 6.03 Å². The number of amides is 2. The molecule has 0 aliphatic heterocycles. The van der Waals surface area contributed by atoms with E-state index in [1.54, 1.807) is 18.2 Å². The number of anilines is 1. The molecule has 3 N–H and O–H groups in total. The fraction of sp³-hybridized carbons (Fsp3) is 0.533. The lowest BCUT2D eigenvalue weighted by Gasteiger charge is -2.21. The molecule has 1 aromatic rings. The van der Waals surface area contributed by atoms with Crippen LogP contribution in [0.1, 0.15) is 38.5 Å². The summed E-state index contributed by atoms with van der Waals surface area (Å²) in [6.07, 6.45) is 7.70. The van der Waals surface area contributed by atoms with E-state index in [0.29, 0.717) is 5.69 Å². The monoisotopic (exact) mass is 262 g/mol. The molecule has 4 nitrogen and oxygen atoms in total. The van der Waals surface area contributed by atoms with Gasteiger partial charge in [0.05, 0.1) is 0 Å². The highest BCUT2D eigenvalue weighted by atomic mass is 16.3. The van der Waals surface area contributed by atoms with Gasteiger partial charge in [-0.25, -0.2) is 4.79 Å². The first-order valence-corrected chi connectivity index (χ1v) is 7.08. The molecule has 1 aliphatic rings. The number of urea groups is 1. The summed E-state index contributed by atoms with van der Waals surface area (Å²) in [5.41, 5.74) is 0.607. The van der Waals surface area contributed by atoms with Crippen LogP contribution in [0.15, 0.2) is 24.3 Å². The SMILES string of the molecule is O=C(NCCC1CCCCC1)Nc1cccc(O)c1. The summed E-state index contributed by atoms with van der Waals surface area (Å²) >= 11 is 0. The van der Waals surface area contributed by atoms with Crippen LogP contribution in [0.4, 0.5) is 10.5 Å². The second-order valence-corrected chi connectivity index (χ2v) is 5.22. The number of nitrogens with one attached hydrogen (secondary N) is 2. The van der Waals surface area contributed by atoms with Crippen LogP contribution < -0.4 is 10.6 Å². The minimum absolute atomic E-state index is 0.153. The maximum Gasteiger partial charge on any atom is 0.319 e. The fourth-order valence-electron chi connectivity index (χ4n) is 2.62. The molecule has 0 spiro atoms. The fourth-order valence-corrected chi connectivity index (χ4v) is 2.62. The van der Waals surface area contributed by atoms with Gasteiger partial charge in [0.25, 0.3) is 0 Å². The molecule has 104 valence electrons. The summed E-state index contributed by atoms with van der Waals surface area (Å²) in [5.74, 6) is 0.926. The van der Waals surface area contributed by atoms with Crippen molar-refractivity contribution in [1.82, 2.24) is 5.32 Å². The Hall–Kier alpha value is -1.71. The quantitative estimate of drug-likeness (QED) is 0.778. The molecule has 1 aliphatic carbocycles. The highest BCUT2D eigenvalue weighted by molar-refractivity contribution is 5.89. The van der Waals surface area contributed by atoms with E-state index in [1.807, 2.05) is 0 Å². The Kier molecular flexibility index (Phi) is 5.07. The molecular weight excluding hydrogens is 240 g/mol. The summed E-state index contributed by atoms with van der Waals surface area (Å²) < 4.78 is 0. The maximum absolute atomic E-state index is 11.7. The van der Waals surface area contributed by atoms with E-state index in [2.05, 4.69) is 10.6 Å². The van der Waals surface area contributed by atoms with Crippen LogP contribution in [-0.4, -0.2) is 17.7 Å². The molecule has 2 rings (SSSR count). The highest BCUT2D eigenvalue weighted by Gasteiger charge is 2.13. The number of hydrogen-bond donors (Lipinski definition) is 3. The number of aromatic hydroxyl groups is 1. The van der Waals surface area contributed by atoms with Gasteiger partial charge in [0.2, 0.25) is 0 Å². The van der Waals surface area contributed by atoms with E-state index in [0.717, 1.165) is 18.9 Å². The van der Waals surface area contributed by atoms with E-state index in [-0.39, 0.29) is 11.8 Å². The van der Waals surface area contributed by atoms with E-state index < -0.39 is 0 Å². The van der Waals surface area contributed by atoms with E-state index in [4.69, 9.17) is 0 Å². The van der Waals surface area contributed by atoms with E-state index >= 15 is 0 Å². The predicted octanol–water partition coefficient (Wildman–Crippen LogP) is 3.48. The molecule has 0 atom stereocenters. The molecular formula is C15H22N2O2. The molecule has 0 aromatic heterocycles. The van der Waals surface area contributed by atoms with Crippen molar-refractivity contribution in [3.05, 3.63) is 24.3 Å². The molecule has 1 aromatic carbocycles. The third kappa shape index (κ3) is 4.81. The molecule has 0 bridgehead atoms. The molecule has 0 saturated heterocycles. The second kappa shape index (κ2) is 7.02. The van der Waals surface area contributed by atoms with Crippen LogP contribution in [-0.2, 0) is 0 Å². The molecule has 0 heterocycles. The molecule has 4 heteroatoms. The predicted molar refractivity (Wildman–Crippen MR) is 76.3 cm³/mol. The van der Waals surface area contributed by atoms with Crippen LogP contribution in [0.25, 0.3) is 0 Å². The average Bonchev–Trinajstić information content (AvgIpc) is 2.40. The zero-order chi connectivity index (χ0) is 13.5. The zero-order valence-electron chi connectivity index (χ0n) is 11.2. The largest absolute Gasteiger partial charge is 0.508 e. The number of hydrogen-bond acceptors (Lipinski definition) is 2. The van der Waals surface area contributed by atoms with Crippen LogP contribution in [0.5, 0.6) is 5.75 Å². The van der Waals surface area contributed by atoms with Gasteiger partial charge in [-0.1, -0.05) is 38.2 Å². The number of benzene rings is 1. The van der Waals surface area contributed by atoms with Crippen molar-refractivity contribution < 1.29 is 9.90 Å². The van der Waals surface area contributed by atoms with E-state index in [1.165, 1.54) is 38.2 Å². The molecule has 0 unspecified atom stereocenters. The van der Waals surface area contributed by atoms with Crippen molar-refractivity contribution in [3.63, 3.8) is 0 Å². The lowest BCUT2D eigenvalue weighted by atomic mass is 9.87. The topological polar surface area (TPSA) is 61.4 Å². The number of phenols is 1. The Morgan fingerprint density at radius 1 is 1.26 bits per heavy atom. The highest BCUT2D eigenvalue weighted by Crippen LogP contribution is 2.25. The van der Waals surface area contributed by atoms with Crippen LogP contribution in [0.3, 0.4) is 0 Å². The average molecular weight is 262 g/mol. The van der Waals surface area contributed by atoms with Crippen molar-refractivity contribution in [2.75, 3.05) is 11.9 Å². The first-order valence-electron chi connectivity index (χ1n) is 7.08. The van der Waals surface area contributed by atoms with Gasteiger partial charge in [0.15, 0.2) is 0 Å². The number of phenolic OH excluding ortho intramolecular Hbond substituents is 1. The lowest BCUT2D eigenvalue weighted by molar-refractivity contribution is 0.250. The second-order valence-electron chi connectivity index (χ2n) is 5.22. The molecule has 2 amide bonds. The molecule has 19 heavy (non-hydrogen) atoms. The van der Waals surface area contributed by atoms with Gasteiger partial charge in [-0.3, -0.25) is 0 Å². The summed E-state index contributed by atoms with van der Waals surface area (Å²) in [4.78, 5) is 11.7. The van der Waals surface area contributed by atoms with Gasteiger partial charge in [0.1, 0.15) is 5.75 Å². The minimum Gasteiger partial charge on any atom is -0.508 e. The Morgan fingerprint density at radius 2 is 2.05 bits per heavy atom. The summed E-state index contributed by atoms with van der Waals surface area (Å²) in [7, 11) is 0. The van der Waals surface area contributed by atoms with Crippen molar-refractivity contribution in [1.29, 1.82) is 0 Å². The van der Waals surface area contributed by atoms with Gasteiger partial charge < -0.3 is 15.7 Å². The summed E-state index contributed by atoms with van der Waals surface area (Å²) in [6.45, 7) is 0.718. The van der Waals surface area contributed by atoms with Gasteiger partial charge in [-0.15, -0.1) is 0 Å². The first kappa shape index (κ1) is 13.7. The Balaban J connectivity index is 1.67. The van der Waals surface area contributed by atoms with Crippen molar-refractivity contribution in [2.24, 2.45) is 5.92 Å². The molecule has 1 saturated carbocycles. The maximum atomic E-state index is 11.7.